The third kappa shape index (κ3) is 4.82. The SMILES string of the molecule is CC(CCN1C(=O)CC(CI)C1=O)NCCC(C)N1C(=O)CC(C)C1=O. The maximum Gasteiger partial charge on any atom is 0.233 e. The summed E-state index contributed by atoms with van der Waals surface area (Å²) in [6, 6.07) is 0.0242. The van der Waals surface area contributed by atoms with Gasteiger partial charge in [0.05, 0.1) is 5.92 Å². The number of halogens is 1. The van der Waals surface area contributed by atoms with Crippen molar-refractivity contribution in [2.45, 2.75) is 58.5 Å². The number of imide groups is 2. The van der Waals surface area contributed by atoms with E-state index in [9.17, 15) is 19.2 Å². The molecule has 2 aliphatic heterocycles. The van der Waals surface area contributed by atoms with Gasteiger partial charge in [0, 0.05) is 41.8 Å². The average Bonchev–Trinajstić information content (AvgIpc) is 3.00. The van der Waals surface area contributed by atoms with Gasteiger partial charge in [0.15, 0.2) is 0 Å². The molecule has 4 unspecified atom stereocenters. The summed E-state index contributed by atoms with van der Waals surface area (Å²) in [5.74, 6) is -0.655. The summed E-state index contributed by atoms with van der Waals surface area (Å²) in [5.41, 5.74) is 0. The van der Waals surface area contributed by atoms with Gasteiger partial charge in [0.1, 0.15) is 0 Å². The topological polar surface area (TPSA) is 86.8 Å². The molecule has 2 fully saturated rings. The van der Waals surface area contributed by atoms with Crippen LogP contribution in [0.5, 0.6) is 0 Å². The lowest BCUT2D eigenvalue weighted by Crippen LogP contribution is -2.41. The predicted molar refractivity (Wildman–Crippen MR) is 106 cm³/mol. The minimum absolute atomic E-state index is 0.0506. The molecule has 7 nitrogen and oxygen atoms in total. The molecule has 4 atom stereocenters. The number of alkyl halides is 1. The molecule has 0 aromatic heterocycles. The van der Waals surface area contributed by atoms with Gasteiger partial charge in [-0.25, -0.2) is 0 Å². The van der Waals surface area contributed by atoms with Crippen molar-refractivity contribution in [1.82, 2.24) is 15.1 Å². The summed E-state index contributed by atoms with van der Waals surface area (Å²) < 4.78 is 0.678. The smallest absolute Gasteiger partial charge is 0.233 e. The van der Waals surface area contributed by atoms with Crippen molar-refractivity contribution in [3.8, 4) is 0 Å². The monoisotopic (exact) mass is 477 g/mol. The van der Waals surface area contributed by atoms with E-state index in [1.807, 2.05) is 13.8 Å². The van der Waals surface area contributed by atoms with E-state index in [1.54, 1.807) is 6.92 Å². The average molecular weight is 477 g/mol. The first kappa shape index (κ1) is 21.3. The normalized spacial score (nSPS) is 26.2. The Morgan fingerprint density at radius 1 is 1.08 bits per heavy atom. The summed E-state index contributed by atoms with van der Waals surface area (Å²) >= 11 is 2.15. The molecular formula is C18H28IN3O4. The minimum atomic E-state index is -0.210. The Hall–Kier alpha value is -1.03. The van der Waals surface area contributed by atoms with E-state index in [4.69, 9.17) is 0 Å². The zero-order valence-corrected chi connectivity index (χ0v) is 17.8. The summed E-state index contributed by atoms with van der Waals surface area (Å²) in [4.78, 5) is 50.7. The second kappa shape index (κ2) is 9.25. The molecule has 2 aliphatic rings. The summed E-state index contributed by atoms with van der Waals surface area (Å²) in [6.07, 6.45) is 2.02. The van der Waals surface area contributed by atoms with Crippen LogP contribution in [0.25, 0.3) is 0 Å². The highest BCUT2D eigenvalue weighted by Gasteiger charge is 2.38. The van der Waals surface area contributed by atoms with Gasteiger partial charge in [0.25, 0.3) is 0 Å². The van der Waals surface area contributed by atoms with Gasteiger partial charge in [-0.15, -0.1) is 0 Å². The van der Waals surface area contributed by atoms with Gasteiger partial charge >= 0.3 is 0 Å². The number of amides is 4. The van der Waals surface area contributed by atoms with Crippen molar-refractivity contribution in [1.29, 1.82) is 0 Å². The Balaban J connectivity index is 1.70. The molecule has 0 radical (unpaired) electrons. The van der Waals surface area contributed by atoms with Gasteiger partial charge in [-0.05, 0) is 33.2 Å². The van der Waals surface area contributed by atoms with Crippen LogP contribution in [0, 0.1) is 11.8 Å². The zero-order chi connectivity index (χ0) is 19.4. The molecule has 0 saturated carbocycles. The fourth-order valence-corrected chi connectivity index (χ4v) is 4.16. The van der Waals surface area contributed by atoms with Gasteiger partial charge in [-0.2, -0.15) is 0 Å². The van der Waals surface area contributed by atoms with Gasteiger partial charge in [-0.3, -0.25) is 29.0 Å². The van der Waals surface area contributed by atoms with Gasteiger partial charge in [0.2, 0.25) is 23.6 Å². The molecule has 4 amide bonds. The number of hydrogen-bond donors (Lipinski definition) is 1. The number of nitrogens with zero attached hydrogens (tertiary/aromatic N) is 2. The second-order valence-electron chi connectivity index (χ2n) is 7.43. The van der Waals surface area contributed by atoms with Crippen molar-refractivity contribution in [3.63, 3.8) is 0 Å². The zero-order valence-electron chi connectivity index (χ0n) is 15.7. The maximum atomic E-state index is 12.1. The van der Waals surface area contributed by atoms with Gasteiger partial charge in [-0.1, -0.05) is 29.5 Å². The van der Waals surface area contributed by atoms with Crippen LogP contribution < -0.4 is 5.32 Å². The number of carbonyl (C=O) groups excluding carboxylic acids is 4. The molecule has 0 bridgehead atoms. The van der Waals surface area contributed by atoms with E-state index < -0.39 is 0 Å². The Morgan fingerprint density at radius 2 is 1.77 bits per heavy atom. The Labute approximate surface area is 168 Å². The molecule has 0 aromatic rings. The van der Waals surface area contributed by atoms with E-state index in [1.165, 1.54) is 9.80 Å². The first-order chi connectivity index (χ1) is 12.3. The second-order valence-corrected chi connectivity index (χ2v) is 8.31. The third-order valence-electron chi connectivity index (χ3n) is 5.21. The first-order valence-corrected chi connectivity index (χ1v) is 10.8. The van der Waals surface area contributed by atoms with Crippen LogP contribution in [0.4, 0.5) is 0 Å². The van der Waals surface area contributed by atoms with Crippen LogP contribution in [0.15, 0.2) is 0 Å². The molecule has 2 heterocycles. The summed E-state index contributed by atoms with van der Waals surface area (Å²) in [7, 11) is 0. The molecule has 26 heavy (non-hydrogen) atoms. The van der Waals surface area contributed by atoms with Crippen LogP contribution >= 0.6 is 22.6 Å². The quantitative estimate of drug-likeness (QED) is 0.308. The largest absolute Gasteiger partial charge is 0.314 e. The van der Waals surface area contributed by atoms with Crippen LogP contribution in [-0.4, -0.2) is 63.0 Å². The van der Waals surface area contributed by atoms with Gasteiger partial charge < -0.3 is 5.32 Å². The summed E-state index contributed by atoms with van der Waals surface area (Å²) in [6.45, 7) is 6.81. The van der Waals surface area contributed by atoms with Crippen molar-refractivity contribution < 1.29 is 19.2 Å². The van der Waals surface area contributed by atoms with Crippen molar-refractivity contribution in [2.75, 3.05) is 17.5 Å². The lowest BCUT2D eigenvalue weighted by Gasteiger charge is -2.24. The number of likely N-dealkylation sites (tertiary alicyclic amines) is 2. The Morgan fingerprint density at radius 3 is 2.31 bits per heavy atom. The minimum Gasteiger partial charge on any atom is -0.314 e. The fourth-order valence-electron chi connectivity index (χ4n) is 3.47. The number of carbonyl (C=O) groups is 4. The third-order valence-corrected chi connectivity index (χ3v) is 6.28. The van der Waals surface area contributed by atoms with E-state index in [-0.39, 0.29) is 47.5 Å². The van der Waals surface area contributed by atoms with Crippen molar-refractivity contribution >= 4 is 46.2 Å². The number of hydrogen-bond acceptors (Lipinski definition) is 5. The van der Waals surface area contributed by atoms with Crippen LogP contribution in [0.3, 0.4) is 0 Å². The lowest BCUT2D eigenvalue weighted by atomic mass is 10.1. The standard InChI is InChI=1S/C18H28IN3O4/c1-11-8-16(24)22(17(11)25)13(3)4-6-20-12(2)5-7-21-15(23)9-14(10-19)18(21)26/h11-14,20H,4-10H2,1-3H3. The molecule has 1 N–H and O–H groups in total. The predicted octanol–water partition coefficient (Wildman–Crippen LogP) is 1.34. The van der Waals surface area contributed by atoms with E-state index in [2.05, 4.69) is 27.9 Å². The van der Waals surface area contributed by atoms with Crippen LogP contribution in [0.2, 0.25) is 0 Å². The fraction of sp³-hybridized carbons (Fsp3) is 0.778. The first-order valence-electron chi connectivity index (χ1n) is 9.25. The molecule has 2 rings (SSSR count). The molecule has 0 spiro atoms. The Bertz CT molecular complexity index is 583. The molecule has 8 heteroatoms. The van der Waals surface area contributed by atoms with E-state index in [0.717, 1.165) is 0 Å². The highest BCUT2D eigenvalue weighted by Crippen LogP contribution is 2.23. The highest BCUT2D eigenvalue weighted by atomic mass is 127. The Kier molecular flexibility index (Phi) is 7.57. The van der Waals surface area contributed by atoms with E-state index in [0.29, 0.717) is 43.2 Å². The van der Waals surface area contributed by atoms with Crippen molar-refractivity contribution in [2.24, 2.45) is 11.8 Å². The maximum absolute atomic E-state index is 12.1. The molecule has 146 valence electrons. The van der Waals surface area contributed by atoms with E-state index >= 15 is 0 Å². The lowest BCUT2D eigenvalue weighted by molar-refractivity contribution is -0.142. The van der Waals surface area contributed by atoms with Crippen molar-refractivity contribution in [3.05, 3.63) is 0 Å². The molecular weight excluding hydrogens is 449 g/mol. The molecule has 2 saturated heterocycles. The molecule has 0 aliphatic carbocycles. The number of rotatable bonds is 9. The molecule has 0 aromatic carbocycles. The highest BCUT2D eigenvalue weighted by molar-refractivity contribution is 14.1. The van der Waals surface area contributed by atoms with Crippen LogP contribution in [0.1, 0.15) is 46.5 Å². The summed E-state index contributed by atoms with van der Waals surface area (Å²) in [5, 5.41) is 3.36. The number of nitrogens with one attached hydrogen (secondary N) is 1. The van der Waals surface area contributed by atoms with Crippen LogP contribution in [-0.2, 0) is 19.2 Å².